The molecule has 0 radical (unpaired) electrons. The lowest BCUT2D eigenvalue weighted by Crippen LogP contribution is -2.35. The zero-order chi connectivity index (χ0) is 19.7. The summed E-state index contributed by atoms with van der Waals surface area (Å²) in [6.45, 7) is 1.47. The van der Waals surface area contributed by atoms with Crippen molar-refractivity contribution in [1.29, 1.82) is 0 Å². The number of halogens is 1. The summed E-state index contributed by atoms with van der Waals surface area (Å²) < 4.78 is 26.2. The summed E-state index contributed by atoms with van der Waals surface area (Å²) in [7, 11) is 1.16. The number of hydrogen-bond donors (Lipinski definition) is 2. The lowest BCUT2D eigenvalue weighted by atomic mass is 9.83. The second-order valence-electron chi connectivity index (χ2n) is 6.07. The van der Waals surface area contributed by atoms with E-state index in [1.807, 2.05) is 0 Å². The van der Waals surface area contributed by atoms with Crippen molar-refractivity contribution >= 4 is 5.97 Å². The molecule has 2 aromatic rings. The molecule has 7 nitrogen and oxygen atoms in total. The zero-order valence-electron chi connectivity index (χ0n) is 14.9. The van der Waals surface area contributed by atoms with Gasteiger partial charge in [-0.25, -0.2) is 9.18 Å². The zero-order valence-corrected chi connectivity index (χ0v) is 14.9. The molecule has 1 atom stereocenters. The van der Waals surface area contributed by atoms with Crippen molar-refractivity contribution in [3.63, 3.8) is 0 Å². The number of fused-ring (bicyclic) bond motifs is 1. The Kier molecular flexibility index (Phi) is 5.00. The minimum atomic E-state index is -1.10. The molecule has 142 valence electrons. The molecular formula is C19H19FN2O5. The van der Waals surface area contributed by atoms with E-state index in [0.29, 0.717) is 5.69 Å². The van der Waals surface area contributed by atoms with Crippen molar-refractivity contribution in [2.45, 2.75) is 19.4 Å². The number of carbonyl (C=O) groups is 1. The molecule has 0 unspecified atom stereocenters. The summed E-state index contributed by atoms with van der Waals surface area (Å²) in [6.07, 6.45) is 0. The number of nitrogens with zero attached hydrogens (tertiary/aromatic N) is 1. The third-order valence-corrected chi connectivity index (χ3v) is 4.51. The van der Waals surface area contributed by atoms with Gasteiger partial charge in [-0.2, -0.15) is 0 Å². The van der Waals surface area contributed by atoms with Gasteiger partial charge < -0.3 is 24.9 Å². The Bertz CT molecular complexity index is 996. The molecule has 1 aliphatic rings. The average Bonchev–Trinajstić information content (AvgIpc) is 2.64. The number of ether oxygens (including phenoxy) is 2. The van der Waals surface area contributed by atoms with E-state index in [9.17, 15) is 19.1 Å². The van der Waals surface area contributed by atoms with Gasteiger partial charge in [0.25, 0.3) is 5.56 Å². The first-order chi connectivity index (χ1) is 12.9. The minimum absolute atomic E-state index is 0.0503. The molecule has 1 aliphatic heterocycles. The second-order valence-corrected chi connectivity index (χ2v) is 6.07. The molecule has 2 heterocycles. The third kappa shape index (κ3) is 3.08. The minimum Gasteiger partial charge on any atom is -0.465 e. The molecule has 0 fully saturated rings. The van der Waals surface area contributed by atoms with Gasteiger partial charge >= 0.3 is 5.97 Å². The van der Waals surface area contributed by atoms with Crippen LogP contribution in [-0.4, -0.2) is 29.4 Å². The van der Waals surface area contributed by atoms with Crippen LogP contribution >= 0.6 is 0 Å². The van der Waals surface area contributed by atoms with Gasteiger partial charge in [-0.15, -0.1) is 0 Å². The summed E-state index contributed by atoms with van der Waals surface area (Å²) in [5.74, 6) is -2.62. The molecule has 0 spiro atoms. The topological polar surface area (TPSA) is 104 Å². The Morgan fingerprint density at radius 3 is 2.74 bits per heavy atom. The van der Waals surface area contributed by atoms with Crippen LogP contribution in [0.25, 0.3) is 0 Å². The molecule has 8 heteroatoms. The molecule has 0 amide bonds. The maximum absolute atomic E-state index is 14.6. The Labute approximate surface area is 154 Å². The molecule has 0 bridgehead atoms. The summed E-state index contributed by atoms with van der Waals surface area (Å²) in [6, 6.07) is 7.38. The van der Waals surface area contributed by atoms with Crippen molar-refractivity contribution in [2.24, 2.45) is 5.73 Å². The molecule has 27 heavy (non-hydrogen) atoms. The van der Waals surface area contributed by atoms with E-state index >= 15 is 0 Å². The number of aryl methyl sites for hydroxylation is 1. The number of carbonyl (C=O) groups excluding carboxylic acids is 1. The standard InChI is InChI=1S/C19H19FN2O5/c1-10-9-13-15(18(24)22(10)7-8-23)14(11-5-3-4-6-12(11)20)16(17(21)27-13)19(25)26-2/h3-6,9,14,23H,7-8,21H2,1-2H3/t14-/m1/s1. The lowest BCUT2D eigenvalue weighted by Gasteiger charge is -2.29. The van der Waals surface area contributed by atoms with Gasteiger partial charge in [0.2, 0.25) is 5.88 Å². The fourth-order valence-electron chi connectivity index (χ4n) is 3.29. The summed E-state index contributed by atoms with van der Waals surface area (Å²) >= 11 is 0. The fourth-order valence-corrected chi connectivity index (χ4v) is 3.29. The maximum Gasteiger partial charge on any atom is 0.340 e. The number of aromatic nitrogens is 1. The molecule has 3 rings (SSSR count). The van der Waals surface area contributed by atoms with E-state index in [1.165, 1.54) is 22.8 Å². The van der Waals surface area contributed by atoms with E-state index in [1.54, 1.807) is 19.1 Å². The van der Waals surface area contributed by atoms with Crippen LogP contribution in [0.5, 0.6) is 5.75 Å². The smallest absolute Gasteiger partial charge is 0.340 e. The van der Waals surface area contributed by atoms with Crippen LogP contribution < -0.4 is 16.0 Å². The molecule has 1 aromatic carbocycles. The third-order valence-electron chi connectivity index (χ3n) is 4.51. The highest BCUT2D eigenvalue weighted by Gasteiger charge is 2.39. The number of esters is 1. The average molecular weight is 374 g/mol. The van der Waals surface area contributed by atoms with E-state index < -0.39 is 23.3 Å². The monoisotopic (exact) mass is 374 g/mol. The number of pyridine rings is 1. The molecule has 0 saturated heterocycles. The number of benzene rings is 1. The maximum atomic E-state index is 14.6. The number of aliphatic hydroxyl groups excluding tert-OH is 1. The highest BCUT2D eigenvalue weighted by atomic mass is 19.1. The SMILES string of the molecule is COC(=O)C1=C(N)Oc2cc(C)n(CCO)c(=O)c2[C@H]1c1ccccc1F. The van der Waals surface area contributed by atoms with Crippen LogP contribution in [0.4, 0.5) is 4.39 Å². The summed E-state index contributed by atoms with van der Waals surface area (Å²) in [4.78, 5) is 25.5. The van der Waals surface area contributed by atoms with E-state index in [4.69, 9.17) is 15.2 Å². The van der Waals surface area contributed by atoms with Crippen molar-refractivity contribution < 1.29 is 23.8 Å². The van der Waals surface area contributed by atoms with Gasteiger partial charge in [-0.3, -0.25) is 4.79 Å². The van der Waals surface area contributed by atoms with E-state index in [-0.39, 0.29) is 41.5 Å². The van der Waals surface area contributed by atoms with Gasteiger partial charge in [-0.05, 0) is 13.0 Å². The van der Waals surface area contributed by atoms with E-state index in [2.05, 4.69) is 0 Å². The van der Waals surface area contributed by atoms with Gasteiger partial charge in [0, 0.05) is 23.9 Å². The summed E-state index contributed by atoms with van der Waals surface area (Å²) in [5.41, 5.74) is 5.98. The number of rotatable bonds is 4. The molecule has 1 aromatic heterocycles. The molecule has 3 N–H and O–H groups in total. The fraction of sp³-hybridized carbons (Fsp3) is 0.263. The Balaban J connectivity index is 2.36. The van der Waals surface area contributed by atoms with Crippen molar-refractivity contribution in [2.75, 3.05) is 13.7 Å². The highest BCUT2D eigenvalue weighted by molar-refractivity contribution is 5.92. The van der Waals surface area contributed by atoms with Gasteiger partial charge in [0.1, 0.15) is 17.1 Å². The predicted molar refractivity (Wildman–Crippen MR) is 94.6 cm³/mol. The van der Waals surface area contributed by atoms with Crippen LogP contribution in [0.1, 0.15) is 22.7 Å². The van der Waals surface area contributed by atoms with E-state index in [0.717, 1.165) is 7.11 Å². The van der Waals surface area contributed by atoms with Crippen molar-refractivity contribution in [1.82, 2.24) is 4.57 Å². The number of aliphatic hydroxyl groups is 1. The second kappa shape index (κ2) is 7.24. The first kappa shape index (κ1) is 18.7. The van der Waals surface area contributed by atoms with Crippen LogP contribution in [0, 0.1) is 12.7 Å². The number of methoxy groups -OCH3 is 1. The van der Waals surface area contributed by atoms with Crippen LogP contribution in [-0.2, 0) is 16.1 Å². The first-order valence-electron chi connectivity index (χ1n) is 8.26. The number of hydrogen-bond acceptors (Lipinski definition) is 6. The Morgan fingerprint density at radius 1 is 1.41 bits per heavy atom. The highest BCUT2D eigenvalue weighted by Crippen LogP contribution is 2.41. The summed E-state index contributed by atoms with van der Waals surface area (Å²) in [5, 5.41) is 9.27. The van der Waals surface area contributed by atoms with Gasteiger partial charge in [-0.1, -0.05) is 18.2 Å². The van der Waals surface area contributed by atoms with Crippen molar-refractivity contribution in [3.8, 4) is 5.75 Å². The van der Waals surface area contributed by atoms with Gasteiger partial charge in [0.15, 0.2) is 0 Å². The molecule has 0 saturated carbocycles. The van der Waals surface area contributed by atoms with Crippen LogP contribution in [0.15, 0.2) is 46.6 Å². The largest absolute Gasteiger partial charge is 0.465 e. The Morgan fingerprint density at radius 2 is 2.11 bits per heavy atom. The predicted octanol–water partition coefficient (Wildman–Crippen LogP) is 1.16. The quantitative estimate of drug-likeness (QED) is 0.779. The molecular weight excluding hydrogens is 355 g/mol. The lowest BCUT2D eigenvalue weighted by molar-refractivity contribution is -0.136. The van der Waals surface area contributed by atoms with Crippen molar-refractivity contribution in [3.05, 3.63) is 74.8 Å². The normalized spacial score (nSPS) is 15.9. The first-order valence-corrected chi connectivity index (χ1v) is 8.26. The molecule has 0 aliphatic carbocycles. The van der Waals surface area contributed by atoms with Gasteiger partial charge in [0.05, 0.1) is 25.2 Å². The number of nitrogens with two attached hydrogens (primary N) is 1. The Hall–Kier alpha value is -3.13. The van der Waals surface area contributed by atoms with Crippen LogP contribution in [0.3, 0.4) is 0 Å². The van der Waals surface area contributed by atoms with Crippen LogP contribution in [0.2, 0.25) is 0 Å².